The van der Waals surface area contributed by atoms with Crippen LogP contribution >= 0.6 is 0 Å². The molecule has 6 nitrogen and oxygen atoms in total. The molecule has 0 saturated carbocycles. The molecule has 0 unspecified atom stereocenters. The van der Waals surface area contributed by atoms with Crippen molar-refractivity contribution in [3.05, 3.63) is 370 Å². The lowest BCUT2D eigenvalue weighted by atomic mass is 9.30. The molecule has 4 aliphatic heterocycles. The molecular formula is C94H69B2N5O. The van der Waals surface area contributed by atoms with Crippen molar-refractivity contribution < 1.29 is 4.74 Å². The van der Waals surface area contributed by atoms with E-state index < -0.39 is 0 Å². The Labute approximate surface area is 597 Å². The monoisotopic (exact) mass is 1310 g/mol. The van der Waals surface area contributed by atoms with Crippen LogP contribution in [0.1, 0.15) is 26.3 Å². The summed E-state index contributed by atoms with van der Waals surface area (Å²) >= 11 is 0. The third-order valence-electron chi connectivity index (χ3n) is 21.0. The van der Waals surface area contributed by atoms with Crippen LogP contribution in [0.2, 0.25) is 0 Å². The number of fused-ring (bicyclic) bond motifs is 8. The van der Waals surface area contributed by atoms with E-state index in [4.69, 9.17) is 4.74 Å². The summed E-state index contributed by atoms with van der Waals surface area (Å²) in [6, 6.07) is 134. The Morgan fingerprint density at radius 2 is 0.676 bits per heavy atom. The summed E-state index contributed by atoms with van der Waals surface area (Å²) in [5.41, 5.74) is 31.0. The van der Waals surface area contributed by atoms with Gasteiger partial charge < -0.3 is 29.2 Å². The molecule has 0 atom stereocenters. The van der Waals surface area contributed by atoms with Crippen molar-refractivity contribution in [3.8, 4) is 44.9 Å². The number of nitrogens with zero attached hydrogens (tertiary/aromatic N) is 5. The van der Waals surface area contributed by atoms with E-state index in [0.29, 0.717) is 0 Å². The molecule has 4 heterocycles. The molecule has 8 heteroatoms. The zero-order valence-corrected chi connectivity index (χ0v) is 56.9. The quantitative estimate of drug-likeness (QED) is 0.113. The first-order valence-corrected chi connectivity index (χ1v) is 35.4. The van der Waals surface area contributed by atoms with Crippen LogP contribution in [0, 0.1) is 0 Å². The lowest BCUT2D eigenvalue weighted by molar-refractivity contribution is 0.487. The molecule has 0 saturated heterocycles. The van der Waals surface area contributed by atoms with Crippen LogP contribution in [-0.4, -0.2) is 13.4 Å². The van der Waals surface area contributed by atoms with E-state index >= 15 is 0 Å². The summed E-state index contributed by atoms with van der Waals surface area (Å²) in [5, 5.41) is 0. The summed E-state index contributed by atoms with van der Waals surface area (Å²) in [6.45, 7) is 6.35. The number of hydrogen-bond donors (Lipinski definition) is 0. The van der Waals surface area contributed by atoms with E-state index in [1.807, 2.05) is 0 Å². The zero-order chi connectivity index (χ0) is 68.0. The van der Waals surface area contributed by atoms with E-state index in [1.54, 1.807) is 0 Å². The number of anilines is 15. The number of hydrogen-bond acceptors (Lipinski definition) is 6. The summed E-state index contributed by atoms with van der Waals surface area (Å²) in [6.07, 6.45) is 0. The lowest BCUT2D eigenvalue weighted by Crippen LogP contribution is -2.64. The van der Waals surface area contributed by atoms with Crippen LogP contribution in [0.4, 0.5) is 85.3 Å². The molecule has 19 rings (SSSR count). The Bertz CT molecular complexity index is 5660. The van der Waals surface area contributed by atoms with Crippen molar-refractivity contribution >= 4 is 132 Å². The third-order valence-corrected chi connectivity index (χ3v) is 21.0. The average Bonchev–Trinajstić information content (AvgIpc) is 0.675. The third kappa shape index (κ3) is 10.0. The maximum Gasteiger partial charge on any atom is 0.256 e. The predicted molar refractivity (Wildman–Crippen MR) is 431 cm³/mol. The van der Waals surface area contributed by atoms with Gasteiger partial charge in [0.25, 0.3) is 13.4 Å². The summed E-state index contributed by atoms with van der Waals surface area (Å²) in [7, 11) is 0. The van der Waals surface area contributed by atoms with Crippen LogP contribution in [0.25, 0.3) is 33.4 Å². The fourth-order valence-electron chi connectivity index (χ4n) is 16.5. The van der Waals surface area contributed by atoms with Gasteiger partial charge in [0.1, 0.15) is 11.5 Å². The van der Waals surface area contributed by atoms with E-state index in [0.717, 1.165) is 141 Å². The zero-order valence-electron chi connectivity index (χ0n) is 56.9. The topological polar surface area (TPSA) is 25.4 Å². The fraction of sp³-hybridized carbons (Fsp3) is 0.0426. The first-order chi connectivity index (χ1) is 50.3. The van der Waals surface area contributed by atoms with Gasteiger partial charge >= 0.3 is 0 Å². The predicted octanol–water partition coefficient (Wildman–Crippen LogP) is 21.4. The Morgan fingerprint density at radius 3 is 1.24 bits per heavy atom. The van der Waals surface area contributed by atoms with Crippen molar-refractivity contribution in [3.63, 3.8) is 0 Å². The Kier molecular flexibility index (Phi) is 14.6. The number of ether oxygens (including phenoxy) is 1. The minimum atomic E-state index is -0.258. The highest BCUT2D eigenvalue weighted by Crippen LogP contribution is 2.54. The molecule has 0 fully saturated rings. The van der Waals surface area contributed by atoms with Gasteiger partial charge in [0.15, 0.2) is 0 Å². The molecule has 0 spiro atoms. The van der Waals surface area contributed by atoms with Gasteiger partial charge in [-0.1, -0.05) is 276 Å². The smallest absolute Gasteiger partial charge is 0.256 e. The van der Waals surface area contributed by atoms with Gasteiger partial charge in [-0.2, -0.15) is 0 Å². The maximum atomic E-state index is 7.54. The van der Waals surface area contributed by atoms with Crippen molar-refractivity contribution in [2.24, 2.45) is 0 Å². The van der Waals surface area contributed by atoms with Crippen LogP contribution in [0.15, 0.2) is 364 Å². The van der Waals surface area contributed by atoms with Crippen molar-refractivity contribution in [2.45, 2.75) is 26.2 Å². The first-order valence-electron chi connectivity index (χ1n) is 35.4. The summed E-state index contributed by atoms with van der Waals surface area (Å²) in [4.78, 5) is 12.6. The second kappa shape index (κ2) is 24.6. The molecule has 4 aliphatic rings. The van der Waals surface area contributed by atoms with E-state index in [9.17, 15) is 0 Å². The Hall–Kier alpha value is -12.8. The fourth-order valence-corrected chi connectivity index (χ4v) is 16.5. The Balaban J connectivity index is 0.938. The summed E-state index contributed by atoms with van der Waals surface area (Å²) < 4.78 is 7.54. The van der Waals surface area contributed by atoms with Gasteiger partial charge in [-0.3, -0.25) is 0 Å². The van der Waals surface area contributed by atoms with Gasteiger partial charge in [-0.05, 0) is 164 Å². The largest absolute Gasteiger partial charge is 0.458 e. The molecule has 0 amide bonds. The average molecular weight is 1310 g/mol. The molecule has 102 heavy (non-hydrogen) atoms. The lowest BCUT2D eigenvalue weighted by Gasteiger charge is -2.47. The minimum absolute atomic E-state index is 0.000660. The number of benzene rings is 15. The molecule has 0 aliphatic carbocycles. The number of para-hydroxylation sites is 9. The highest BCUT2D eigenvalue weighted by molar-refractivity contribution is 7.02. The number of rotatable bonds is 12. The van der Waals surface area contributed by atoms with Crippen LogP contribution in [0.3, 0.4) is 0 Å². The van der Waals surface area contributed by atoms with E-state index in [-0.39, 0.29) is 18.8 Å². The second-order valence-electron chi connectivity index (χ2n) is 27.9. The highest BCUT2D eigenvalue weighted by Gasteiger charge is 2.49. The van der Waals surface area contributed by atoms with Gasteiger partial charge in [0.2, 0.25) is 0 Å². The normalized spacial score (nSPS) is 12.8. The van der Waals surface area contributed by atoms with Crippen molar-refractivity contribution in [2.75, 3.05) is 24.5 Å². The molecule has 0 N–H and O–H groups in total. The Morgan fingerprint density at radius 1 is 0.265 bits per heavy atom. The maximum absolute atomic E-state index is 7.54. The highest BCUT2D eigenvalue weighted by atomic mass is 16.5. The van der Waals surface area contributed by atoms with E-state index in [1.165, 1.54) is 27.4 Å². The minimum Gasteiger partial charge on any atom is -0.458 e. The molecule has 15 aromatic rings. The van der Waals surface area contributed by atoms with E-state index in [2.05, 4.69) is 409 Å². The molecular weight excluding hydrogens is 1240 g/mol. The SMILES string of the molecule is CC(C)(C)c1ccc(-c2ccccc2N(c2ccccc2)c2cc3c4c(c2)N(c2ccccc2-c2ccccc2)c2cc5c(cc2B4c2ccccc2O3)B2c3ccccc3N(c3ccccc3)c3cc(N(c4ccccc4)c4ccccc4)cc(c32)N5c2ccccc2-c2ccccc2)cc1. The van der Waals surface area contributed by atoms with Gasteiger partial charge in [-0.25, -0.2) is 0 Å². The molecule has 0 radical (unpaired) electrons. The standard InChI is InChI=1S/C94H69B2N5O/c1-94(2,3)67-56-54-66(55-57-67)76-46-22-27-49-81(76)98(70-40-18-8-19-41-70)73-60-89-93-91(61-73)102-90-53-31-26-48-78(90)96(93)80-62-79-85(63-86(80)101(89)83-51-29-24-45-75(83)65-34-12-5-13-35-65)100(82-50-28-23-44-74(82)64-32-10-4-11-33-64)88-59-72(97(68-36-14-6-15-37-68)69-38-16-7-17-39-69)58-87-92(88)95(79)77-47-25-30-52-84(77)99(87)71-42-20-9-21-43-71/h4-63H,1-3H3. The van der Waals surface area contributed by atoms with Gasteiger partial charge in [0.05, 0.1) is 28.4 Å². The van der Waals surface area contributed by atoms with Gasteiger partial charge in [-0.15, -0.1) is 0 Å². The molecule has 15 aromatic carbocycles. The summed E-state index contributed by atoms with van der Waals surface area (Å²) in [5.74, 6) is 1.65. The second-order valence-corrected chi connectivity index (χ2v) is 27.9. The van der Waals surface area contributed by atoms with Crippen LogP contribution in [-0.2, 0) is 5.41 Å². The molecule has 0 aromatic heterocycles. The van der Waals surface area contributed by atoms with Crippen LogP contribution < -0.4 is 62.0 Å². The van der Waals surface area contributed by atoms with Crippen LogP contribution in [0.5, 0.6) is 11.5 Å². The molecule has 0 bridgehead atoms. The van der Waals surface area contributed by atoms with Crippen molar-refractivity contribution in [1.29, 1.82) is 0 Å². The molecule has 482 valence electrons. The van der Waals surface area contributed by atoms with Crippen molar-refractivity contribution in [1.82, 2.24) is 0 Å². The van der Waals surface area contributed by atoms with Gasteiger partial charge in [0, 0.05) is 79.6 Å². The first kappa shape index (κ1) is 60.4.